The highest BCUT2D eigenvalue weighted by molar-refractivity contribution is 5.79. The number of aliphatic imine (C=N–C) groups is 1. The fourth-order valence-electron chi connectivity index (χ4n) is 2.47. The quantitative estimate of drug-likeness (QED) is 0.498. The van der Waals surface area contributed by atoms with Crippen LogP contribution < -0.4 is 10.6 Å². The van der Waals surface area contributed by atoms with Crippen LogP contribution in [0.15, 0.2) is 27.8 Å². The number of nitrogens with zero attached hydrogens (tertiary/aromatic N) is 2. The van der Waals surface area contributed by atoms with Gasteiger partial charge in [0.05, 0.1) is 25.1 Å². The first-order valence-corrected chi connectivity index (χ1v) is 8.16. The first kappa shape index (κ1) is 17.8. The number of aliphatic hydroxyl groups is 1. The lowest BCUT2D eigenvalue weighted by Gasteiger charge is -2.34. The first-order valence-electron chi connectivity index (χ1n) is 8.16. The maximum Gasteiger partial charge on any atom is 0.191 e. The fourth-order valence-corrected chi connectivity index (χ4v) is 2.47. The van der Waals surface area contributed by atoms with Gasteiger partial charge in [-0.15, -0.1) is 0 Å². The summed E-state index contributed by atoms with van der Waals surface area (Å²) in [6, 6.07) is 3.74. The summed E-state index contributed by atoms with van der Waals surface area (Å²) in [5, 5.41) is 17.0. The van der Waals surface area contributed by atoms with Crippen LogP contribution in [0.5, 0.6) is 0 Å². The van der Waals surface area contributed by atoms with Crippen molar-refractivity contribution in [3.05, 3.63) is 24.2 Å². The average Bonchev–Trinajstić information content (AvgIpc) is 3.04. The average molecular weight is 324 g/mol. The van der Waals surface area contributed by atoms with Crippen molar-refractivity contribution in [3.63, 3.8) is 0 Å². The Morgan fingerprint density at radius 3 is 2.83 bits per heavy atom. The van der Waals surface area contributed by atoms with Crippen LogP contribution >= 0.6 is 0 Å². The molecular weight excluding hydrogens is 296 g/mol. The van der Waals surface area contributed by atoms with Crippen molar-refractivity contribution >= 4 is 5.96 Å². The van der Waals surface area contributed by atoms with E-state index in [9.17, 15) is 5.11 Å². The van der Waals surface area contributed by atoms with Gasteiger partial charge in [0.25, 0.3) is 0 Å². The number of hydrogen-bond donors (Lipinski definition) is 3. The minimum absolute atomic E-state index is 0.425. The summed E-state index contributed by atoms with van der Waals surface area (Å²) in [5.41, 5.74) is -0.835. The van der Waals surface area contributed by atoms with Gasteiger partial charge in [0.15, 0.2) is 5.96 Å². The van der Waals surface area contributed by atoms with Gasteiger partial charge in [-0.3, -0.25) is 4.90 Å². The van der Waals surface area contributed by atoms with Gasteiger partial charge in [-0.2, -0.15) is 0 Å². The smallest absolute Gasteiger partial charge is 0.191 e. The van der Waals surface area contributed by atoms with Gasteiger partial charge in [-0.25, -0.2) is 4.99 Å². The molecule has 0 aromatic carbocycles. The van der Waals surface area contributed by atoms with Gasteiger partial charge in [-0.1, -0.05) is 0 Å². The molecule has 1 aromatic heterocycles. The first-order chi connectivity index (χ1) is 11.1. The van der Waals surface area contributed by atoms with E-state index in [2.05, 4.69) is 20.5 Å². The fraction of sp³-hybridized carbons (Fsp3) is 0.688. The molecule has 2 rings (SSSR count). The summed E-state index contributed by atoms with van der Waals surface area (Å²) in [7, 11) is 0. The summed E-state index contributed by atoms with van der Waals surface area (Å²) >= 11 is 0. The highest BCUT2D eigenvalue weighted by Gasteiger charge is 2.25. The zero-order valence-electron chi connectivity index (χ0n) is 14.0. The molecule has 7 nitrogen and oxygen atoms in total. The van der Waals surface area contributed by atoms with E-state index in [0.29, 0.717) is 25.6 Å². The molecule has 1 saturated heterocycles. The maximum absolute atomic E-state index is 10.6. The Kier molecular flexibility index (Phi) is 6.88. The zero-order chi connectivity index (χ0) is 16.5. The third kappa shape index (κ3) is 6.60. The van der Waals surface area contributed by atoms with Gasteiger partial charge in [0.2, 0.25) is 0 Å². The van der Waals surface area contributed by atoms with Crippen LogP contribution in [0.25, 0.3) is 0 Å². The Labute approximate surface area is 137 Å². The number of furan rings is 1. The summed E-state index contributed by atoms with van der Waals surface area (Å²) in [6.07, 6.45) is 1.64. The van der Waals surface area contributed by atoms with Gasteiger partial charge < -0.3 is 24.9 Å². The molecule has 7 heteroatoms. The predicted octanol–water partition coefficient (Wildman–Crippen LogP) is 0.418. The second-order valence-corrected chi connectivity index (χ2v) is 6.01. The SMILES string of the molecule is CCNC(=NCc1ccco1)NCC(C)(O)CN1CCOCC1. The van der Waals surface area contributed by atoms with E-state index in [1.807, 2.05) is 26.0 Å². The van der Waals surface area contributed by atoms with Crippen molar-refractivity contribution in [2.24, 2.45) is 4.99 Å². The summed E-state index contributed by atoms with van der Waals surface area (Å²) in [4.78, 5) is 6.68. The Hall–Kier alpha value is -1.57. The van der Waals surface area contributed by atoms with Gasteiger partial charge >= 0.3 is 0 Å². The Balaban J connectivity index is 1.82. The number of rotatable bonds is 7. The highest BCUT2D eigenvalue weighted by Crippen LogP contribution is 2.07. The molecule has 2 heterocycles. The molecule has 23 heavy (non-hydrogen) atoms. The summed E-state index contributed by atoms with van der Waals surface area (Å²) in [6.45, 7) is 9.31. The molecule has 0 spiro atoms. The number of nitrogens with one attached hydrogen (secondary N) is 2. The van der Waals surface area contributed by atoms with Crippen molar-refractivity contribution in [3.8, 4) is 0 Å². The molecule has 0 saturated carbocycles. The minimum atomic E-state index is -0.835. The monoisotopic (exact) mass is 324 g/mol. The molecule has 0 amide bonds. The van der Waals surface area contributed by atoms with E-state index in [1.165, 1.54) is 0 Å². The maximum atomic E-state index is 10.6. The third-order valence-corrected chi connectivity index (χ3v) is 3.62. The van der Waals surface area contributed by atoms with E-state index in [0.717, 1.165) is 38.6 Å². The molecular formula is C16H28N4O3. The summed E-state index contributed by atoms with van der Waals surface area (Å²) < 4.78 is 10.6. The Bertz CT molecular complexity index is 468. The lowest BCUT2D eigenvalue weighted by Crippen LogP contribution is -2.52. The second kappa shape index (κ2) is 8.90. The Morgan fingerprint density at radius 1 is 1.39 bits per heavy atom. The lowest BCUT2D eigenvalue weighted by molar-refractivity contribution is -0.0201. The second-order valence-electron chi connectivity index (χ2n) is 6.01. The molecule has 1 aromatic rings. The van der Waals surface area contributed by atoms with Gasteiger partial charge in [-0.05, 0) is 26.0 Å². The van der Waals surface area contributed by atoms with Crippen LogP contribution in [0.4, 0.5) is 0 Å². The van der Waals surface area contributed by atoms with Gasteiger partial charge in [0.1, 0.15) is 12.3 Å². The van der Waals surface area contributed by atoms with Gasteiger partial charge in [0, 0.05) is 32.7 Å². The largest absolute Gasteiger partial charge is 0.467 e. The van der Waals surface area contributed by atoms with Crippen LogP contribution in [-0.2, 0) is 11.3 Å². The lowest BCUT2D eigenvalue weighted by atomic mass is 10.1. The van der Waals surface area contributed by atoms with E-state index in [1.54, 1.807) is 6.26 Å². The molecule has 1 fully saturated rings. The molecule has 0 radical (unpaired) electrons. The van der Waals surface area contributed by atoms with Crippen LogP contribution in [-0.4, -0.2) is 67.5 Å². The molecule has 1 atom stereocenters. The van der Waals surface area contributed by atoms with E-state index in [4.69, 9.17) is 9.15 Å². The highest BCUT2D eigenvalue weighted by atomic mass is 16.5. The number of hydrogen-bond acceptors (Lipinski definition) is 5. The molecule has 1 unspecified atom stereocenters. The number of morpholine rings is 1. The van der Waals surface area contributed by atoms with Crippen molar-refractivity contribution in [1.82, 2.24) is 15.5 Å². The van der Waals surface area contributed by atoms with E-state index in [-0.39, 0.29) is 0 Å². The minimum Gasteiger partial charge on any atom is -0.467 e. The van der Waals surface area contributed by atoms with E-state index >= 15 is 0 Å². The normalized spacial score (nSPS) is 19.3. The summed E-state index contributed by atoms with van der Waals surface area (Å²) in [5.74, 6) is 1.48. The van der Waals surface area contributed by atoms with Crippen LogP contribution in [0.1, 0.15) is 19.6 Å². The zero-order valence-corrected chi connectivity index (χ0v) is 14.0. The molecule has 3 N–H and O–H groups in total. The van der Waals surface area contributed by atoms with E-state index < -0.39 is 5.60 Å². The topological polar surface area (TPSA) is 82.3 Å². The number of guanidine groups is 1. The van der Waals surface area contributed by atoms with Crippen molar-refractivity contribution in [2.75, 3.05) is 45.9 Å². The molecule has 1 aliphatic heterocycles. The van der Waals surface area contributed by atoms with Crippen molar-refractivity contribution in [2.45, 2.75) is 26.0 Å². The third-order valence-electron chi connectivity index (χ3n) is 3.62. The van der Waals surface area contributed by atoms with Crippen LogP contribution in [0.2, 0.25) is 0 Å². The number of β-amino-alcohol motifs (C(OH)–C–C–N with tert-alkyl or cyclic N) is 1. The van der Waals surface area contributed by atoms with Crippen LogP contribution in [0, 0.1) is 0 Å². The molecule has 130 valence electrons. The van der Waals surface area contributed by atoms with Crippen molar-refractivity contribution < 1.29 is 14.3 Å². The number of ether oxygens (including phenoxy) is 1. The Morgan fingerprint density at radius 2 is 2.17 bits per heavy atom. The standard InChI is InChI=1S/C16H28N4O3/c1-3-17-15(18-11-14-5-4-8-23-14)19-12-16(2,21)13-20-6-9-22-10-7-20/h4-5,8,21H,3,6-7,9-13H2,1-2H3,(H2,17,18,19). The molecule has 1 aliphatic rings. The molecule has 0 bridgehead atoms. The molecule has 0 aliphatic carbocycles. The van der Waals surface area contributed by atoms with Crippen LogP contribution in [0.3, 0.4) is 0 Å². The van der Waals surface area contributed by atoms with Crippen molar-refractivity contribution in [1.29, 1.82) is 0 Å². The predicted molar refractivity (Wildman–Crippen MR) is 89.4 cm³/mol.